The van der Waals surface area contributed by atoms with Gasteiger partial charge in [-0.25, -0.2) is 4.98 Å². The Balaban J connectivity index is 1.64. The number of hydrogen-bond acceptors (Lipinski definition) is 2. The number of aromatic nitrogens is 2. The third-order valence-corrected chi connectivity index (χ3v) is 5.63. The normalized spacial score (nSPS) is 20.3. The van der Waals surface area contributed by atoms with E-state index in [1.807, 2.05) is 6.07 Å². The van der Waals surface area contributed by atoms with Crippen LogP contribution in [0.4, 0.5) is 0 Å². The van der Waals surface area contributed by atoms with Gasteiger partial charge in [0.15, 0.2) is 0 Å². The van der Waals surface area contributed by atoms with Gasteiger partial charge in [-0.05, 0) is 31.2 Å². The summed E-state index contributed by atoms with van der Waals surface area (Å²) in [5, 5.41) is 10.7. The highest BCUT2D eigenvalue weighted by Gasteiger charge is 2.26. The first-order chi connectivity index (χ1) is 13.3. The van der Waals surface area contributed by atoms with Crippen molar-refractivity contribution in [2.45, 2.75) is 57.1 Å². The fraction of sp³-hybridized carbons (Fsp3) is 0.375. The van der Waals surface area contributed by atoms with Crippen molar-refractivity contribution < 1.29 is 5.11 Å². The largest absolute Gasteiger partial charge is 0.391 e. The van der Waals surface area contributed by atoms with Crippen LogP contribution < -0.4 is 0 Å². The molecular weight excluding hydrogens is 332 g/mol. The third-order valence-electron chi connectivity index (χ3n) is 5.63. The van der Waals surface area contributed by atoms with Crippen molar-refractivity contribution in [3.05, 3.63) is 78.1 Å². The maximum Gasteiger partial charge on any atom is 0.140 e. The number of nitrogens with zero attached hydrogens (tertiary/aromatic N) is 2. The number of benzene rings is 2. The Morgan fingerprint density at radius 2 is 1.56 bits per heavy atom. The van der Waals surface area contributed by atoms with Crippen molar-refractivity contribution in [3.63, 3.8) is 0 Å². The van der Waals surface area contributed by atoms with E-state index < -0.39 is 0 Å². The quantitative estimate of drug-likeness (QED) is 0.635. The van der Waals surface area contributed by atoms with Crippen LogP contribution in [0.5, 0.6) is 0 Å². The fourth-order valence-corrected chi connectivity index (χ4v) is 4.13. The van der Waals surface area contributed by atoms with Gasteiger partial charge in [-0.1, -0.05) is 79.9 Å². The van der Waals surface area contributed by atoms with Gasteiger partial charge in [0.1, 0.15) is 5.82 Å². The molecule has 1 aliphatic rings. The lowest BCUT2D eigenvalue weighted by molar-refractivity contribution is 0.106. The molecule has 0 aliphatic heterocycles. The van der Waals surface area contributed by atoms with E-state index in [-0.39, 0.29) is 12.1 Å². The summed E-state index contributed by atoms with van der Waals surface area (Å²) in [6.45, 7) is 0. The molecule has 1 aromatic heterocycles. The maximum atomic E-state index is 10.7. The van der Waals surface area contributed by atoms with Gasteiger partial charge >= 0.3 is 0 Å². The van der Waals surface area contributed by atoms with Crippen LogP contribution in [-0.4, -0.2) is 20.8 Å². The molecule has 2 aromatic carbocycles. The second kappa shape index (κ2) is 8.53. The van der Waals surface area contributed by atoms with Crippen LogP contribution in [0.15, 0.2) is 66.9 Å². The summed E-state index contributed by atoms with van der Waals surface area (Å²) < 4.78 is 2.26. The number of aliphatic hydroxyl groups excluding tert-OH is 1. The van der Waals surface area contributed by atoms with Gasteiger partial charge in [-0.3, -0.25) is 0 Å². The molecule has 1 fully saturated rings. The molecule has 140 valence electrons. The lowest BCUT2D eigenvalue weighted by Gasteiger charge is -2.24. The Hall–Kier alpha value is -2.39. The summed E-state index contributed by atoms with van der Waals surface area (Å²) in [6.07, 6.45) is 9.21. The monoisotopic (exact) mass is 360 g/mol. The second-order valence-corrected chi connectivity index (χ2v) is 7.59. The Morgan fingerprint density at radius 1 is 0.852 bits per heavy atom. The average Bonchev–Trinajstić information content (AvgIpc) is 3.02. The number of aryl methyl sites for hydroxylation is 2. The van der Waals surface area contributed by atoms with Gasteiger partial charge in [0.25, 0.3) is 0 Å². The van der Waals surface area contributed by atoms with E-state index in [0.29, 0.717) is 0 Å². The van der Waals surface area contributed by atoms with Crippen molar-refractivity contribution in [2.24, 2.45) is 0 Å². The molecule has 1 heterocycles. The summed E-state index contributed by atoms with van der Waals surface area (Å²) in [7, 11) is 0. The van der Waals surface area contributed by atoms with E-state index in [9.17, 15) is 5.11 Å². The van der Waals surface area contributed by atoms with Crippen molar-refractivity contribution in [2.75, 3.05) is 0 Å². The molecule has 0 unspecified atom stereocenters. The molecule has 1 aliphatic carbocycles. The first-order valence-corrected chi connectivity index (χ1v) is 10.2. The summed E-state index contributed by atoms with van der Waals surface area (Å²) in [5.74, 6) is 0.990. The summed E-state index contributed by atoms with van der Waals surface area (Å²) >= 11 is 0. The molecule has 3 nitrogen and oxygen atoms in total. The average molecular weight is 361 g/mol. The molecule has 0 saturated heterocycles. The number of aliphatic hydroxyl groups is 1. The van der Waals surface area contributed by atoms with E-state index in [4.69, 9.17) is 4.98 Å². The molecule has 4 rings (SSSR count). The van der Waals surface area contributed by atoms with E-state index >= 15 is 0 Å². The van der Waals surface area contributed by atoms with Crippen molar-refractivity contribution in [1.82, 2.24) is 9.55 Å². The van der Waals surface area contributed by atoms with Crippen molar-refractivity contribution in [3.8, 4) is 11.4 Å². The van der Waals surface area contributed by atoms with Crippen LogP contribution in [0.3, 0.4) is 0 Å². The fourth-order valence-electron chi connectivity index (χ4n) is 4.13. The SMILES string of the molecule is O[C@H]1CCCCC[C@H]1n1cc(CCc2ccccc2)nc1-c1ccccc1. The molecule has 27 heavy (non-hydrogen) atoms. The molecule has 0 spiro atoms. The Kier molecular flexibility index (Phi) is 5.69. The van der Waals surface area contributed by atoms with E-state index in [0.717, 1.165) is 49.2 Å². The summed E-state index contributed by atoms with van der Waals surface area (Å²) in [4.78, 5) is 4.99. The minimum absolute atomic E-state index is 0.126. The molecule has 0 radical (unpaired) electrons. The Morgan fingerprint density at radius 3 is 2.33 bits per heavy atom. The van der Waals surface area contributed by atoms with Crippen molar-refractivity contribution in [1.29, 1.82) is 0 Å². The highest BCUT2D eigenvalue weighted by atomic mass is 16.3. The lowest BCUT2D eigenvalue weighted by Crippen LogP contribution is -2.23. The summed E-state index contributed by atoms with van der Waals surface area (Å²) in [6, 6.07) is 21.1. The van der Waals surface area contributed by atoms with Crippen LogP contribution in [0, 0.1) is 0 Å². The molecule has 3 aromatic rings. The summed E-state index contributed by atoms with van der Waals surface area (Å²) in [5.41, 5.74) is 3.57. The zero-order valence-corrected chi connectivity index (χ0v) is 15.8. The molecule has 2 atom stereocenters. The smallest absolute Gasteiger partial charge is 0.140 e. The van der Waals surface area contributed by atoms with E-state index in [1.54, 1.807) is 0 Å². The molecule has 3 heteroatoms. The zero-order chi connectivity index (χ0) is 18.5. The van der Waals surface area contributed by atoms with Crippen LogP contribution in [-0.2, 0) is 12.8 Å². The predicted octanol–water partition coefficient (Wildman–Crippen LogP) is 5.20. The molecule has 1 N–H and O–H groups in total. The van der Waals surface area contributed by atoms with Gasteiger partial charge in [0.2, 0.25) is 0 Å². The van der Waals surface area contributed by atoms with Gasteiger partial charge < -0.3 is 9.67 Å². The first-order valence-electron chi connectivity index (χ1n) is 10.2. The minimum atomic E-state index is -0.286. The number of imidazole rings is 1. The number of rotatable bonds is 5. The van der Waals surface area contributed by atoms with E-state index in [2.05, 4.69) is 65.4 Å². The van der Waals surface area contributed by atoms with Gasteiger partial charge in [0.05, 0.1) is 17.8 Å². The molecule has 0 amide bonds. The van der Waals surface area contributed by atoms with Crippen LogP contribution in [0.2, 0.25) is 0 Å². The molecular formula is C24H28N2O. The third kappa shape index (κ3) is 4.30. The standard InChI is InChI=1S/C24H28N2O/c27-23-15-9-3-8-14-22(23)26-18-21(17-16-19-10-4-1-5-11-19)25-24(26)20-12-6-2-7-13-20/h1-2,4-7,10-13,18,22-23,27H,3,8-9,14-17H2/t22-,23+/m1/s1. The first kappa shape index (κ1) is 18.0. The Labute approximate surface area is 161 Å². The van der Waals surface area contributed by atoms with Gasteiger partial charge in [0, 0.05) is 11.8 Å². The molecule has 0 bridgehead atoms. The molecule has 1 saturated carbocycles. The van der Waals surface area contributed by atoms with Crippen LogP contribution in [0.1, 0.15) is 49.4 Å². The van der Waals surface area contributed by atoms with E-state index in [1.165, 1.54) is 18.4 Å². The predicted molar refractivity (Wildman–Crippen MR) is 110 cm³/mol. The van der Waals surface area contributed by atoms with Gasteiger partial charge in [-0.2, -0.15) is 0 Å². The Bertz CT molecular complexity index is 841. The van der Waals surface area contributed by atoms with Crippen LogP contribution in [0.25, 0.3) is 11.4 Å². The number of hydrogen-bond donors (Lipinski definition) is 1. The highest BCUT2D eigenvalue weighted by Crippen LogP contribution is 2.32. The van der Waals surface area contributed by atoms with Gasteiger partial charge in [-0.15, -0.1) is 0 Å². The minimum Gasteiger partial charge on any atom is -0.391 e. The van der Waals surface area contributed by atoms with Crippen molar-refractivity contribution >= 4 is 0 Å². The topological polar surface area (TPSA) is 38.0 Å². The zero-order valence-electron chi connectivity index (χ0n) is 15.8. The maximum absolute atomic E-state index is 10.7. The second-order valence-electron chi connectivity index (χ2n) is 7.59. The van der Waals surface area contributed by atoms with Crippen LogP contribution >= 0.6 is 0 Å². The lowest BCUT2D eigenvalue weighted by atomic mass is 10.1. The highest BCUT2D eigenvalue weighted by molar-refractivity contribution is 5.56.